The van der Waals surface area contributed by atoms with Gasteiger partial charge in [0.1, 0.15) is 16.3 Å². The molecule has 0 aromatic carbocycles. The zero-order chi connectivity index (χ0) is 16.4. The number of carbonyl (C=O) groups excluding carboxylic acids is 1. The van der Waals surface area contributed by atoms with E-state index >= 15 is 0 Å². The van der Waals surface area contributed by atoms with Gasteiger partial charge in [0, 0.05) is 12.7 Å². The third kappa shape index (κ3) is 3.14. The molecule has 3 aromatic heterocycles. The van der Waals surface area contributed by atoms with Crippen LogP contribution in [0.4, 0.5) is 5.82 Å². The van der Waals surface area contributed by atoms with Crippen molar-refractivity contribution in [1.29, 1.82) is 0 Å². The number of aromatic nitrogens is 3. The molecule has 0 spiro atoms. The van der Waals surface area contributed by atoms with Gasteiger partial charge in [0.2, 0.25) is 5.91 Å². The molecule has 7 heteroatoms. The van der Waals surface area contributed by atoms with Gasteiger partial charge in [-0.25, -0.2) is 9.97 Å². The highest BCUT2D eigenvalue weighted by atomic mass is 32.1. The monoisotopic (exact) mass is 327 g/mol. The fourth-order valence-corrected chi connectivity index (χ4v) is 2.76. The fraction of sp³-hybridized carbons (Fsp3) is 0.250. The van der Waals surface area contributed by atoms with Crippen LogP contribution in [0.1, 0.15) is 13.8 Å². The van der Waals surface area contributed by atoms with Gasteiger partial charge < -0.3 is 11.1 Å². The number of nitrogens with zero attached hydrogens (tertiary/aromatic N) is 3. The van der Waals surface area contributed by atoms with Crippen LogP contribution in [-0.4, -0.2) is 27.4 Å². The van der Waals surface area contributed by atoms with Crippen molar-refractivity contribution in [3.8, 4) is 11.5 Å². The molecule has 0 aliphatic carbocycles. The SMILES string of the molecule is CC(C)(CNc1nc(-c2ccccn2)nc2sccc12)C(N)=O. The number of fused-ring (bicyclic) bond motifs is 1. The summed E-state index contributed by atoms with van der Waals surface area (Å²) >= 11 is 1.54. The number of hydrogen-bond donors (Lipinski definition) is 2. The molecule has 0 unspecified atom stereocenters. The summed E-state index contributed by atoms with van der Waals surface area (Å²) in [6, 6.07) is 7.57. The zero-order valence-corrected chi connectivity index (χ0v) is 13.7. The van der Waals surface area contributed by atoms with Crippen molar-refractivity contribution in [3.63, 3.8) is 0 Å². The van der Waals surface area contributed by atoms with E-state index in [9.17, 15) is 4.79 Å². The molecular formula is C16H17N5OS. The van der Waals surface area contributed by atoms with Crippen molar-refractivity contribution in [2.24, 2.45) is 11.1 Å². The molecule has 0 saturated heterocycles. The lowest BCUT2D eigenvalue weighted by Crippen LogP contribution is -2.37. The molecule has 3 rings (SSSR count). The van der Waals surface area contributed by atoms with Crippen LogP contribution in [-0.2, 0) is 4.79 Å². The minimum Gasteiger partial charge on any atom is -0.369 e. The summed E-state index contributed by atoms with van der Waals surface area (Å²) in [7, 11) is 0. The second kappa shape index (κ2) is 5.92. The number of pyridine rings is 1. The largest absolute Gasteiger partial charge is 0.369 e. The van der Waals surface area contributed by atoms with Crippen LogP contribution in [0.2, 0.25) is 0 Å². The Morgan fingerprint density at radius 1 is 1.30 bits per heavy atom. The molecule has 3 aromatic rings. The predicted octanol–water partition coefficient (Wildman–Crippen LogP) is 2.68. The Kier molecular flexibility index (Phi) is 3.96. The average Bonchev–Trinajstić information content (AvgIpc) is 3.02. The summed E-state index contributed by atoms with van der Waals surface area (Å²) in [6.45, 7) is 3.99. The number of carbonyl (C=O) groups is 1. The molecule has 6 nitrogen and oxygen atoms in total. The normalized spacial score (nSPS) is 11.6. The first-order valence-corrected chi connectivity index (χ1v) is 8.06. The Morgan fingerprint density at radius 3 is 2.83 bits per heavy atom. The smallest absolute Gasteiger partial charge is 0.224 e. The number of thiophene rings is 1. The molecule has 0 atom stereocenters. The second-order valence-corrected chi connectivity index (χ2v) is 6.75. The van der Waals surface area contributed by atoms with Crippen LogP contribution in [0.15, 0.2) is 35.8 Å². The lowest BCUT2D eigenvalue weighted by atomic mass is 9.93. The molecule has 0 saturated carbocycles. The molecule has 0 bridgehead atoms. The van der Waals surface area contributed by atoms with E-state index in [1.807, 2.05) is 29.6 Å². The number of hydrogen-bond acceptors (Lipinski definition) is 6. The van der Waals surface area contributed by atoms with Gasteiger partial charge in [-0.3, -0.25) is 9.78 Å². The molecule has 118 valence electrons. The van der Waals surface area contributed by atoms with E-state index in [-0.39, 0.29) is 5.91 Å². The Bertz CT molecular complexity index is 844. The molecule has 0 radical (unpaired) electrons. The molecule has 1 amide bonds. The van der Waals surface area contributed by atoms with Gasteiger partial charge >= 0.3 is 0 Å². The number of anilines is 1. The Hall–Kier alpha value is -2.54. The van der Waals surface area contributed by atoms with Crippen LogP contribution in [0.5, 0.6) is 0 Å². The number of amides is 1. The summed E-state index contributed by atoms with van der Waals surface area (Å²) in [5.41, 5.74) is 5.47. The van der Waals surface area contributed by atoms with E-state index in [2.05, 4.69) is 20.3 Å². The Labute approximate surface area is 137 Å². The minimum absolute atomic E-state index is 0.356. The third-order valence-electron chi connectivity index (χ3n) is 3.58. The molecular weight excluding hydrogens is 310 g/mol. The lowest BCUT2D eigenvalue weighted by molar-refractivity contribution is -0.125. The first-order chi connectivity index (χ1) is 11.0. The lowest BCUT2D eigenvalue weighted by Gasteiger charge is -2.21. The van der Waals surface area contributed by atoms with Crippen molar-refractivity contribution in [1.82, 2.24) is 15.0 Å². The highest BCUT2D eigenvalue weighted by molar-refractivity contribution is 7.16. The van der Waals surface area contributed by atoms with E-state index in [0.717, 1.165) is 10.2 Å². The van der Waals surface area contributed by atoms with E-state index < -0.39 is 5.41 Å². The number of nitrogens with two attached hydrogens (primary N) is 1. The Balaban J connectivity index is 1.99. The van der Waals surface area contributed by atoms with Gasteiger partial charge in [-0.05, 0) is 37.4 Å². The van der Waals surface area contributed by atoms with Crippen molar-refractivity contribution in [3.05, 3.63) is 35.8 Å². The van der Waals surface area contributed by atoms with E-state index in [4.69, 9.17) is 5.73 Å². The van der Waals surface area contributed by atoms with E-state index in [0.29, 0.717) is 23.9 Å². The molecule has 3 heterocycles. The fourth-order valence-electron chi connectivity index (χ4n) is 1.99. The first-order valence-electron chi connectivity index (χ1n) is 7.18. The highest BCUT2D eigenvalue weighted by Crippen LogP contribution is 2.28. The first kappa shape index (κ1) is 15.4. The Morgan fingerprint density at radius 2 is 2.13 bits per heavy atom. The van der Waals surface area contributed by atoms with Crippen LogP contribution in [0.25, 0.3) is 21.7 Å². The maximum Gasteiger partial charge on any atom is 0.224 e. The van der Waals surface area contributed by atoms with Crippen LogP contribution >= 0.6 is 11.3 Å². The average molecular weight is 327 g/mol. The quantitative estimate of drug-likeness (QED) is 0.751. The third-order valence-corrected chi connectivity index (χ3v) is 4.39. The van der Waals surface area contributed by atoms with E-state index in [1.165, 1.54) is 11.3 Å². The van der Waals surface area contributed by atoms with Crippen LogP contribution < -0.4 is 11.1 Å². The second-order valence-electron chi connectivity index (χ2n) is 5.85. The van der Waals surface area contributed by atoms with Crippen LogP contribution in [0, 0.1) is 5.41 Å². The highest BCUT2D eigenvalue weighted by Gasteiger charge is 2.25. The van der Waals surface area contributed by atoms with Crippen molar-refractivity contribution >= 4 is 33.3 Å². The van der Waals surface area contributed by atoms with Crippen molar-refractivity contribution in [2.75, 3.05) is 11.9 Å². The maximum atomic E-state index is 11.5. The van der Waals surface area contributed by atoms with Gasteiger partial charge in [0.25, 0.3) is 0 Å². The van der Waals surface area contributed by atoms with Crippen molar-refractivity contribution < 1.29 is 4.79 Å². The zero-order valence-electron chi connectivity index (χ0n) is 12.9. The molecule has 0 aliphatic heterocycles. The number of primary amides is 1. The molecule has 0 fully saturated rings. The summed E-state index contributed by atoms with van der Waals surface area (Å²) < 4.78 is 0. The standard InChI is InChI=1S/C16H17N5OS/c1-16(2,15(17)22)9-19-12-10-6-8-23-14(10)21-13(20-12)11-5-3-4-7-18-11/h3-8H,9H2,1-2H3,(H2,17,22)(H,19,20,21). The van der Waals surface area contributed by atoms with Crippen LogP contribution in [0.3, 0.4) is 0 Å². The molecule has 23 heavy (non-hydrogen) atoms. The van der Waals surface area contributed by atoms with Gasteiger partial charge in [-0.1, -0.05) is 6.07 Å². The summed E-state index contributed by atoms with van der Waals surface area (Å²) in [6.07, 6.45) is 1.71. The van der Waals surface area contributed by atoms with Gasteiger partial charge in [-0.2, -0.15) is 0 Å². The number of nitrogens with one attached hydrogen (secondary N) is 1. The topological polar surface area (TPSA) is 93.8 Å². The van der Waals surface area contributed by atoms with Gasteiger partial charge in [0.15, 0.2) is 5.82 Å². The predicted molar refractivity (Wildman–Crippen MR) is 92.1 cm³/mol. The molecule has 0 aliphatic rings. The number of rotatable bonds is 5. The van der Waals surface area contributed by atoms with Gasteiger partial charge in [0.05, 0.1) is 10.8 Å². The maximum absolute atomic E-state index is 11.5. The summed E-state index contributed by atoms with van der Waals surface area (Å²) in [5, 5.41) is 6.12. The van der Waals surface area contributed by atoms with Gasteiger partial charge in [-0.15, -0.1) is 11.3 Å². The van der Waals surface area contributed by atoms with Crippen molar-refractivity contribution in [2.45, 2.75) is 13.8 Å². The molecule has 3 N–H and O–H groups in total. The van der Waals surface area contributed by atoms with E-state index in [1.54, 1.807) is 20.0 Å². The summed E-state index contributed by atoms with van der Waals surface area (Å²) in [5.74, 6) is 0.886. The summed E-state index contributed by atoms with van der Waals surface area (Å²) in [4.78, 5) is 25.8. The minimum atomic E-state index is -0.668.